The molecule has 0 spiro atoms. The lowest BCUT2D eigenvalue weighted by Crippen LogP contribution is -2.45. The molecule has 0 bridgehead atoms. The lowest BCUT2D eigenvalue weighted by molar-refractivity contribution is -0.144. The fourth-order valence-corrected chi connectivity index (χ4v) is 3.78. The second kappa shape index (κ2) is 7.61. The van der Waals surface area contributed by atoms with Crippen LogP contribution in [-0.2, 0) is 9.59 Å². The van der Waals surface area contributed by atoms with Crippen molar-refractivity contribution in [2.75, 3.05) is 11.9 Å². The second-order valence-electron chi connectivity index (χ2n) is 6.77. The zero-order valence-electron chi connectivity index (χ0n) is 14.9. The summed E-state index contributed by atoms with van der Waals surface area (Å²) in [6.07, 6.45) is 1.51. The van der Waals surface area contributed by atoms with Gasteiger partial charge in [-0.1, -0.05) is 29.8 Å². The molecule has 1 fully saturated rings. The first-order valence-electron chi connectivity index (χ1n) is 9.01. The smallest absolute Gasteiger partial charge is 0.256 e. The third kappa shape index (κ3) is 3.46. The normalized spacial score (nSPS) is 17.6. The number of H-pyrrole nitrogens is 1. The van der Waals surface area contributed by atoms with Gasteiger partial charge in [0.15, 0.2) is 6.10 Å². The van der Waals surface area contributed by atoms with E-state index < -0.39 is 18.1 Å². The van der Waals surface area contributed by atoms with Crippen molar-refractivity contribution < 1.29 is 14.7 Å². The van der Waals surface area contributed by atoms with Crippen LogP contribution in [0.2, 0.25) is 5.02 Å². The number of fused-ring (bicyclic) bond motifs is 1. The molecule has 2 atom stereocenters. The largest absolute Gasteiger partial charge is 0.378 e. The Morgan fingerprint density at radius 2 is 2.11 bits per heavy atom. The van der Waals surface area contributed by atoms with E-state index >= 15 is 0 Å². The van der Waals surface area contributed by atoms with E-state index in [1.54, 1.807) is 36.5 Å². The van der Waals surface area contributed by atoms with Gasteiger partial charge in [0, 0.05) is 28.2 Å². The number of hydrogen-bond donors (Lipinski definition) is 3. The molecule has 2 heterocycles. The Labute approximate surface area is 166 Å². The lowest BCUT2D eigenvalue weighted by Gasteiger charge is -2.26. The Morgan fingerprint density at radius 1 is 1.29 bits per heavy atom. The fraction of sp³-hybridized carbons (Fsp3) is 0.250. The van der Waals surface area contributed by atoms with E-state index in [-0.39, 0.29) is 5.91 Å². The highest BCUT2D eigenvalue weighted by Gasteiger charge is 2.37. The molecule has 1 aromatic heterocycles. The van der Waals surface area contributed by atoms with Crippen LogP contribution >= 0.6 is 11.6 Å². The predicted molar refractivity (Wildman–Crippen MR) is 106 cm³/mol. The standard InChI is InChI=1S/C20H19ClN4O3/c21-15-5-2-1-4-14(15)18(26)20(28)25-9-3-6-17(25)19(27)23-13-7-8-16-12(10-13)11-22-24-16/h1-2,4-5,7-8,10-11,17-18,26H,3,6,9H2,(H,22,24)(H,23,27)/t17-,18+/m1/s1. The first-order chi connectivity index (χ1) is 13.5. The number of carbonyl (C=O) groups excluding carboxylic acids is 2. The molecular formula is C20H19ClN4O3. The van der Waals surface area contributed by atoms with Crippen molar-refractivity contribution in [1.29, 1.82) is 0 Å². The number of anilines is 1. The fourth-order valence-electron chi connectivity index (χ4n) is 3.54. The van der Waals surface area contributed by atoms with Gasteiger partial charge in [-0.3, -0.25) is 14.7 Å². The van der Waals surface area contributed by atoms with Gasteiger partial charge in [-0.05, 0) is 37.1 Å². The number of aromatic nitrogens is 2. The van der Waals surface area contributed by atoms with E-state index in [2.05, 4.69) is 15.5 Å². The van der Waals surface area contributed by atoms with Gasteiger partial charge in [0.2, 0.25) is 5.91 Å². The number of amides is 2. The third-order valence-electron chi connectivity index (χ3n) is 4.98. The first kappa shape index (κ1) is 18.5. The highest BCUT2D eigenvalue weighted by atomic mass is 35.5. The van der Waals surface area contributed by atoms with Gasteiger partial charge in [0.25, 0.3) is 5.91 Å². The molecule has 1 aliphatic rings. The number of aromatic amines is 1. The number of rotatable bonds is 4. The number of aliphatic hydroxyl groups is 1. The van der Waals surface area contributed by atoms with E-state index in [0.717, 1.165) is 10.9 Å². The zero-order chi connectivity index (χ0) is 19.7. The van der Waals surface area contributed by atoms with Gasteiger partial charge in [0.05, 0.1) is 11.7 Å². The molecule has 0 unspecified atom stereocenters. The van der Waals surface area contributed by atoms with Crippen LogP contribution in [0, 0.1) is 0 Å². The van der Waals surface area contributed by atoms with Crippen molar-refractivity contribution in [3.8, 4) is 0 Å². The van der Waals surface area contributed by atoms with E-state index in [9.17, 15) is 14.7 Å². The topological polar surface area (TPSA) is 98.3 Å². The number of benzene rings is 2. The highest BCUT2D eigenvalue weighted by Crippen LogP contribution is 2.28. The lowest BCUT2D eigenvalue weighted by atomic mass is 10.1. The number of nitrogens with zero attached hydrogens (tertiary/aromatic N) is 2. The molecule has 0 saturated carbocycles. The average molecular weight is 399 g/mol. The SMILES string of the molecule is O=C(Nc1ccc2[nH]ncc2c1)[C@H]1CCCN1C(=O)[C@@H](O)c1ccccc1Cl. The predicted octanol–water partition coefficient (Wildman–Crippen LogP) is 2.88. The summed E-state index contributed by atoms with van der Waals surface area (Å²) in [7, 11) is 0. The molecule has 2 aromatic carbocycles. The maximum absolute atomic E-state index is 12.8. The van der Waals surface area contributed by atoms with Gasteiger partial charge in [-0.15, -0.1) is 0 Å². The zero-order valence-corrected chi connectivity index (χ0v) is 15.7. The average Bonchev–Trinajstić information content (AvgIpc) is 3.36. The minimum Gasteiger partial charge on any atom is -0.378 e. The van der Waals surface area contributed by atoms with Crippen LogP contribution in [0.15, 0.2) is 48.7 Å². The Kier molecular flexibility index (Phi) is 5.02. The van der Waals surface area contributed by atoms with Crippen LogP contribution in [0.4, 0.5) is 5.69 Å². The number of likely N-dealkylation sites (tertiary alicyclic amines) is 1. The summed E-state index contributed by atoms with van der Waals surface area (Å²) in [4.78, 5) is 27.1. The maximum Gasteiger partial charge on any atom is 0.256 e. The Morgan fingerprint density at radius 3 is 2.93 bits per heavy atom. The van der Waals surface area contributed by atoms with Crippen molar-refractivity contribution in [3.63, 3.8) is 0 Å². The van der Waals surface area contributed by atoms with Crippen LogP contribution in [-0.4, -0.2) is 44.6 Å². The Hall–Kier alpha value is -2.90. The number of aliphatic hydroxyl groups excluding tert-OH is 1. The summed E-state index contributed by atoms with van der Waals surface area (Å²) in [5.74, 6) is -0.795. The van der Waals surface area contributed by atoms with Gasteiger partial charge in [0.1, 0.15) is 6.04 Å². The molecule has 2 amide bonds. The molecule has 0 radical (unpaired) electrons. The second-order valence-corrected chi connectivity index (χ2v) is 7.18. The van der Waals surface area contributed by atoms with Gasteiger partial charge >= 0.3 is 0 Å². The number of nitrogens with one attached hydrogen (secondary N) is 2. The van der Waals surface area contributed by atoms with E-state index in [4.69, 9.17) is 11.6 Å². The number of carbonyl (C=O) groups is 2. The summed E-state index contributed by atoms with van der Waals surface area (Å²) in [6.45, 7) is 0.416. The molecule has 4 rings (SSSR count). The summed E-state index contributed by atoms with van der Waals surface area (Å²) in [5.41, 5.74) is 1.84. The summed E-state index contributed by atoms with van der Waals surface area (Å²) >= 11 is 6.10. The van der Waals surface area contributed by atoms with E-state index in [1.807, 2.05) is 12.1 Å². The molecule has 144 valence electrons. The molecular weight excluding hydrogens is 380 g/mol. The number of hydrogen-bond acceptors (Lipinski definition) is 4. The van der Waals surface area contributed by atoms with Gasteiger partial charge in [-0.2, -0.15) is 5.10 Å². The molecule has 1 saturated heterocycles. The van der Waals surface area contributed by atoms with Crippen LogP contribution in [0.3, 0.4) is 0 Å². The summed E-state index contributed by atoms with van der Waals surface area (Å²) < 4.78 is 0. The van der Waals surface area contributed by atoms with Crippen LogP contribution in [0.25, 0.3) is 10.9 Å². The highest BCUT2D eigenvalue weighted by molar-refractivity contribution is 6.31. The first-order valence-corrected chi connectivity index (χ1v) is 9.39. The minimum absolute atomic E-state index is 0.278. The minimum atomic E-state index is -1.40. The Balaban J connectivity index is 1.49. The van der Waals surface area contributed by atoms with Crippen molar-refractivity contribution in [2.45, 2.75) is 25.0 Å². The Bertz CT molecular complexity index is 1030. The third-order valence-corrected chi connectivity index (χ3v) is 5.32. The van der Waals surface area contributed by atoms with Crippen molar-refractivity contribution >= 4 is 40.0 Å². The van der Waals surface area contributed by atoms with Crippen LogP contribution in [0.5, 0.6) is 0 Å². The molecule has 28 heavy (non-hydrogen) atoms. The van der Waals surface area contributed by atoms with Crippen molar-refractivity contribution in [1.82, 2.24) is 15.1 Å². The van der Waals surface area contributed by atoms with Crippen molar-refractivity contribution in [3.05, 3.63) is 59.2 Å². The van der Waals surface area contributed by atoms with Gasteiger partial charge in [-0.25, -0.2) is 0 Å². The quantitative estimate of drug-likeness (QED) is 0.629. The molecule has 0 aliphatic carbocycles. The maximum atomic E-state index is 12.8. The van der Waals surface area contributed by atoms with Crippen molar-refractivity contribution in [2.24, 2.45) is 0 Å². The van der Waals surface area contributed by atoms with E-state index in [1.165, 1.54) is 4.90 Å². The van der Waals surface area contributed by atoms with E-state index in [0.29, 0.717) is 35.7 Å². The molecule has 3 aromatic rings. The van der Waals surface area contributed by atoms with Gasteiger partial charge < -0.3 is 15.3 Å². The molecule has 7 nitrogen and oxygen atoms in total. The summed E-state index contributed by atoms with van der Waals surface area (Å²) in [6, 6.07) is 11.4. The molecule has 1 aliphatic heterocycles. The monoisotopic (exact) mass is 398 g/mol. The number of halogens is 1. The summed E-state index contributed by atoms with van der Waals surface area (Å²) in [5, 5.41) is 21.4. The molecule has 8 heteroatoms. The van der Waals surface area contributed by atoms with Crippen LogP contribution < -0.4 is 5.32 Å². The molecule has 3 N–H and O–H groups in total. The van der Waals surface area contributed by atoms with Crippen LogP contribution in [0.1, 0.15) is 24.5 Å².